The molecule has 1 aliphatic heterocycles. The molecule has 1 aliphatic rings. The molecule has 2 aromatic carbocycles. The molecular formula is C23H30FN3O3S. The fourth-order valence-corrected chi connectivity index (χ4v) is 5.26. The molecule has 0 aliphatic carbocycles. The van der Waals surface area contributed by atoms with Gasteiger partial charge in [-0.05, 0) is 73.7 Å². The number of sulfonamides is 1. The van der Waals surface area contributed by atoms with Crippen LogP contribution in [0.1, 0.15) is 37.6 Å². The zero-order valence-electron chi connectivity index (χ0n) is 18.1. The number of nitrogens with zero attached hydrogens (tertiary/aromatic N) is 1. The number of hydrogen-bond donors (Lipinski definition) is 2. The zero-order chi connectivity index (χ0) is 22.6. The topological polar surface area (TPSA) is 78.5 Å². The third kappa shape index (κ3) is 6.51. The SMILES string of the molecule is CC1CC(C)CN(CC(C)NC(=O)c2ccc(S(=O)(=O)Nc3ccc(F)cc3)cc2)C1. The Morgan fingerprint density at radius 1 is 1.06 bits per heavy atom. The van der Waals surface area contributed by atoms with Crippen molar-refractivity contribution in [1.82, 2.24) is 10.2 Å². The monoisotopic (exact) mass is 447 g/mol. The number of hydrogen-bond acceptors (Lipinski definition) is 4. The number of carbonyl (C=O) groups is 1. The highest BCUT2D eigenvalue weighted by Gasteiger charge is 2.23. The molecule has 31 heavy (non-hydrogen) atoms. The summed E-state index contributed by atoms with van der Waals surface area (Å²) >= 11 is 0. The Balaban J connectivity index is 1.58. The van der Waals surface area contributed by atoms with E-state index in [0.717, 1.165) is 19.6 Å². The smallest absolute Gasteiger partial charge is 0.261 e. The Bertz CT molecular complexity index is 984. The number of nitrogens with one attached hydrogen (secondary N) is 2. The van der Waals surface area contributed by atoms with Crippen LogP contribution in [0.4, 0.5) is 10.1 Å². The molecule has 0 saturated carbocycles. The van der Waals surface area contributed by atoms with E-state index in [2.05, 4.69) is 28.8 Å². The Morgan fingerprint density at radius 2 is 1.65 bits per heavy atom. The summed E-state index contributed by atoms with van der Waals surface area (Å²) in [5, 5.41) is 3.00. The maximum Gasteiger partial charge on any atom is 0.261 e. The second-order valence-corrected chi connectivity index (χ2v) is 10.4. The molecule has 0 radical (unpaired) electrons. The molecule has 168 valence electrons. The number of anilines is 1. The van der Waals surface area contributed by atoms with E-state index in [0.29, 0.717) is 17.4 Å². The van der Waals surface area contributed by atoms with Gasteiger partial charge in [-0.2, -0.15) is 0 Å². The lowest BCUT2D eigenvalue weighted by Gasteiger charge is -2.36. The highest BCUT2D eigenvalue weighted by atomic mass is 32.2. The first-order chi connectivity index (χ1) is 14.6. The van der Waals surface area contributed by atoms with Crippen LogP contribution in [0.3, 0.4) is 0 Å². The summed E-state index contributed by atoms with van der Waals surface area (Å²) in [7, 11) is -3.83. The first-order valence-electron chi connectivity index (χ1n) is 10.5. The van der Waals surface area contributed by atoms with E-state index in [4.69, 9.17) is 0 Å². The van der Waals surface area contributed by atoms with Gasteiger partial charge in [0.05, 0.1) is 4.90 Å². The van der Waals surface area contributed by atoms with Crippen molar-refractivity contribution < 1.29 is 17.6 Å². The molecule has 1 fully saturated rings. The van der Waals surface area contributed by atoms with Gasteiger partial charge in [-0.15, -0.1) is 0 Å². The molecule has 2 aromatic rings. The summed E-state index contributed by atoms with van der Waals surface area (Å²) in [4.78, 5) is 15.0. The van der Waals surface area contributed by atoms with Crippen LogP contribution in [0.15, 0.2) is 53.4 Å². The third-order valence-corrected chi connectivity index (χ3v) is 6.77. The van der Waals surface area contributed by atoms with E-state index < -0.39 is 15.8 Å². The number of rotatable bonds is 7. The van der Waals surface area contributed by atoms with Gasteiger partial charge < -0.3 is 10.2 Å². The summed E-state index contributed by atoms with van der Waals surface area (Å²) in [6.45, 7) is 9.36. The largest absolute Gasteiger partial charge is 0.348 e. The number of benzene rings is 2. The van der Waals surface area contributed by atoms with Crippen LogP contribution in [-0.2, 0) is 10.0 Å². The Kier molecular flexibility index (Phi) is 7.33. The van der Waals surface area contributed by atoms with Gasteiger partial charge in [0.2, 0.25) is 0 Å². The van der Waals surface area contributed by atoms with Gasteiger partial charge in [-0.25, -0.2) is 12.8 Å². The minimum Gasteiger partial charge on any atom is -0.348 e. The highest BCUT2D eigenvalue weighted by molar-refractivity contribution is 7.92. The van der Waals surface area contributed by atoms with Crippen LogP contribution < -0.4 is 10.0 Å². The molecule has 6 nitrogen and oxygen atoms in total. The van der Waals surface area contributed by atoms with Gasteiger partial charge in [-0.1, -0.05) is 13.8 Å². The maximum atomic E-state index is 13.0. The Labute approximate surface area is 183 Å². The summed E-state index contributed by atoms with van der Waals surface area (Å²) in [5.74, 6) is 0.632. The van der Waals surface area contributed by atoms with Gasteiger partial charge in [0.25, 0.3) is 15.9 Å². The molecule has 1 amide bonds. The number of amides is 1. The fourth-order valence-electron chi connectivity index (χ4n) is 4.20. The van der Waals surface area contributed by atoms with Crippen LogP contribution in [0.2, 0.25) is 0 Å². The van der Waals surface area contributed by atoms with Crippen LogP contribution in [0.25, 0.3) is 0 Å². The molecule has 2 N–H and O–H groups in total. The molecule has 3 rings (SSSR count). The van der Waals surface area contributed by atoms with Gasteiger partial charge in [0.15, 0.2) is 0 Å². The second-order valence-electron chi connectivity index (χ2n) is 8.68. The van der Waals surface area contributed by atoms with E-state index in [9.17, 15) is 17.6 Å². The summed E-state index contributed by atoms with van der Waals surface area (Å²) in [6, 6.07) is 10.8. The number of carbonyl (C=O) groups excluding carboxylic acids is 1. The molecule has 0 bridgehead atoms. The van der Waals surface area contributed by atoms with E-state index in [1.165, 1.54) is 55.0 Å². The van der Waals surface area contributed by atoms with Crippen molar-refractivity contribution in [3.8, 4) is 0 Å². The molecule has 1 heterocycles. The molecule has 0 aromatic heterocycles. The second kappa shape index (κ2) is 9.78. The molecular weight excluding hydrogens is 417 g/mol. The van der Waals surface area contributed by atoms with Gasteiger partial charge in [0, 0.05) is 36.9 Å². The van der Waals surface area contributed by atoms with Crippen molar-refractivity contribution >= 4 is 21.6 Å². The third-order valence-electron chi connectivity index (χ3n) is 5.38. The lowest BCUT2D eigenvalue weighted by molar-refractivity contribution is 0.0905. The van der Waals surface area contributed by atoms with Crippen molar-refractivity contribution in [3.05, 3.63) is 59.9 Å². The predicted molar refractivity (Wildman–Crippen MR) is 120 cm³/mol. The van der Waals surface area contributed by atoms with Crippen LogP contribution in [0, 0.1) is 17.7 Å². The van der Waals surface area contributed by atoms with E-state index >= 15 is 0 Å². The highest BCUT2D eigenvalue weighted by Crippen LogP contribution is 2.21. The van der Waals surface area contributed by atoms with Crippen LogP contribution in [-0.4, -0.2) is 44.9 Å². The normalized spacial score (nSPS) is 20.8. The fraction of sp³-hybridized carbons (Fsp3) is 0.435. The molecule has 3 atom stereocenters. The maximum absolute atomic E-state index is 13.0. The summed E-state index contributed by atoms with van der Waals surface area (Å²) in [5.41, 5.74) is 0.659. The Hall–Kier alpha value is -2.45. The van der Waals surface area contributed by atoms with E-state index in [-0.39, 0.29) is 22.5 Å². The minimum absolute atomic E-state index is 0.0199. The molecule has 8 heteroatoms. The van der Waals surface area contributed by atoms with Crippen molar-refractivity contribution in [2.75, 3.05) is 24.4 Å². The average molecular weight is 448 g/mol. The number of halogens is 1. The van der Waals surface area contributed by atoms with E-state index in [1.807, 2.05) is 6.92 Å². The molecule has 1 saturated heterocycles. The van der Waals surface area contributed by atoms with Crippen molar-refractivity contribution in [3.63, 3.8) is 0 Å². The number of piperidine rings is 1. The quantitative estimate of drug-likeness (QED) is 0.678. The van der Waals surface area contributed by atoms with Crippen molar-refractivity contribution in [1.29, 1.82) is 0 Å². The van der Waals surface area contributed by atoms with Gasteiger partial charge in [-0.3, -0.25) is 9.52 Å². The van der Waals surface area contributed by atoms with Crippen molar-refractivity contribution in [2.45, 2.75) is 38.1 Å². The molecule has 3 unspecified atom stereocenters. The molecule has 0 spiro atoms. The van der Waals surface area contributed by atoms with E-state index in [1.54, 1.807) is 0 Å². The summed E-state index contributed by atoms with van der Waals surface area (Å²) < 4.78 is 40.4. The lowest BCUT2D eigenvalue weighted by atomic mass is 9.92. The summed E-state index contributed by atoms with van der Waals surface area (Å²) in [6.07, 6.45) is 1.24. The lowest BCUT2D eigenvalue weighted by Crippen LogP contribution is -2.47. The Morgan fingerprint density at radius 3 is 2.23 bits per heavy atom. The zero-order valence-corrected chi connectivity index (χ0v) is 19.0. The number of likely N-dealkylation sites (tertiary alicyclic amines) is 1. The predicted octanol–water partition coefficient (Wildman–Crippen LogP) is 3.72. The standard InChI is InChI=1S/C23H30FN3O3S/c1-16-12-17(2)14-27(13-16)15-18(3)25-23(28)19-4-10-22(11-5-19)31(29,30)26-21-8-6-20(24)7-9-21/h4-11,16-18,26H,12-15H2,1-3H3,(H,25,28). The van der Waals surface area contributed by atoms with Gasteiger partial charge in [0.1, 0.15) is 5.82 Å². The first kappa shape index (κ1) is 23.2. The average Bonchev–Trinajstić information content (AvgIpc) is 2.68. The van der Waals surface area contributed by atoms with Crippen molar-refractivity contribution in [2.24, 2.45) is 11.8 Å². The van der Waals surface area contributed by atoms with Crippen LogP contribution >= 0.6 is 0 Å². The van der Waals surface area contributed by atoms with Gasteiger partial charge >= 0.3 is 0 Å². The van der Waals surface area contributed by atoms with Crippen LogP contribution in [0.5, 0.6) is 0 Å². The first-order valence-corrected chi connectivity index (χ1v) is 12.0. The minimum atomic E-state index is -3.83.